The Morgan fingerprint density at radius 3 is 2.57 bits per heavy atom. The standard InChI is InChI=1S/C22H18N6/c1-15-10-16(12-23)8-9-18(15)20-13-24-14-22(25-20)28(2)21-11-19(26-27-21)17-6-4-3-5-7-17/h3-11,13-14H,1-2H3,(H,26,27). The fraction of sp³-hybridized carbons (Fsp3) is 0.0909. The Balaban J connectivity index is 1.65. The van der Waals surface area contributed by atoms with Crippen molar-refractivity contribution in [3.8, 4) is 28.6 Å². The molecule has 6 heteroatoms. The molecular formula is C22H18N6. The Hall–Kier alpha value is -3.98. The molecule has 136 valence electrons. The molecule has 28 heavy (non-hydrogen) atoms. The summed E-state index contributed by atoms with van der Waals surface area (Å²) in [7, 11) is 1.91. The van der Waals surface area contributed by atoms with Gasteiger partial charge in [-0.1, -0.05) is 36.4 Å². The van der Waals surface area contributed by atoms with Crippen molar-refractivity contribution in [2.24, 2.45) is 0 Å². The van der Waals surface area contributed by atoms with Crippen LogP contribution in [0.15, 0.2) is 67.0 Å². The first-order chi connectivity index (χ1) is 13.7. The molecule has 0 aliphatic carbocycles. The fourth-order valence-electron chi connectivity index (χ4n) is 3.03. The number of anilines is 2. The van der Waals surface area contributed by atoms with Gasteiger partial charge in [-0.25, -0.2) is 4.98 Å². The normalized spacial score (nSPS) is 10.5. The fourth-order valence-corrected chi connectivity index (χ4v) is 3.03. The predicted molar refractivity (Wildman–Crippen MR) is 109 cm³/mol. The first-order valence-electron chi connectivity index (χ1n) is 8.83. The van der Waals surface area contributed by atoms with Gasteiger partial charge in [-0.05, 0) is 30.2 Å². The molecule has 0 bridgehead atoms. The summed E-state index contributed by atoms with van der Waals surface area (Å²) in [6.45, 7) is 1.97. The molecule has 0 aliphatic rings. The molecule has 1 N–H and O–H groups in total. The van der Waals surface area contributed by atoms with Crippen LogP contribution in [-0.4, -0.2) is 27.2 Å². The predicted octanol–water partition coefficient (Wildman–Crippen LogP) is 4.48. The number of nitrogens with one attached hydrogen (secondary N) is 1. The van der Waals surface area contributed by atoms with Gasteiger partial charge in [-0.2, -0.15) is 10.4 Å². The highest BCUT2D eigenvalue weighted by Gasteiger charge is 2.13. The monoisotopic (exact) mass is 366 g/mol. The summed E-state index contributed by atoms with van der Waals surface area (Å²) in [5, 5.41) is 16.5. The summed E-state index contributed by atoms with van der Waals surface area (Å²) in [6, 6.07) is 19.7. The van der Waals surface area contributed by atoms with E-state index >= 15 is 0 Å². The Morgan fingerprint density at radius 2 is 1.82 bits per heavy atom. The second-order valence-corrected chi connectivity index (χ2v) is 6.47. The first-order valence-corrected chi connectivity index (χ1v) is 8.83. The Kier molecular flexibility index (Phi) is 4.56. The zero-order chi connectivity index (χ0) is 19.5. The topological polar surface area (TPSA) is 81.5 Å². The lowest BCUT2D eigenvalue weighted by Gasteiger charge is -2.15. The van der Waals surface area contributed by atoms with E-state index in [0.29, 0.717) is 11.4 Å². The van der Waals surface area contributed by atoms with Crippen molar-refractivity contribution in [2.75, 3.05) is 11.9 Å². The van der Waals surface area contributed by atoms with Crippen LogP contribution in [0.4, 0.5) is 11.6 Å². The molecule has 4 aromatic rings. The number of nitrogens with zero attached hydrogens (tertiary/aromatic N) is 5. The number of aryl methyl sites for hydroxylation is 1. The van der Waals surface area contributed by atoms with Gasteiger partial charge >= 0.3 is 0 Å². The van der Waals surface area contributed by atoms with Gasteiger partial charge in [-0.3, -0.25) is 10.1 Å². The van der Waals surface area contributed by atoms with Crippen LogP contribution in [0.2, 0.25) is 0 Å². The minimum Gasteiger partial charge on any atom is -0.311 e. The molecule has 2 aromatic heterocycles. The molecule has 6 nitrogen and oxygen atoms in total. The van der Waals surface area contributed by atoms with Crippen molar-refractivity contribution >= 4 is 11.6 Å². The zero-order valence-corrected chi connectivity index (χ0v) is 15.6. The van der Waals surface area contributed by atoms with Crippen molar-refractivity contribution in [3.05, 3.63) is 78.1 Å². The third-order valence-corrected chi connectivity index (χ3v) is 4.59. The maximum absolute atomic E-state index is 9.06. The van der Waals surface area contributed by atoms with Crippen LogP contribution in [0.1, 0.15) is 11.1 Å². The second kappa shape index (κ2) is 7.33. The molecule has 0 radical (unpaired) electrons. The summed E-state index contributed by atoms with van der Waals surface area (Å²) in [5.41, 5.74) is 5.34. The van der Waals surface area contributed by atoms with Crippen LogP contribution in [-0.2, 0) is 0 Å². The minimum absolute atomic E-state index is 0.632. The van der Waals surface area contributed by atoms with E-state index in [1.54, 1.807) is 18.5 Å². The molecule has 0 saturated carbocycles. The molecule has 0 atom stereocenters. The second-order valence-electron chi connectivity index (χ2n) is 6.47. The van der Waals surface area contributed by atoms with Crippen molar-refractivity contribution in [3.63, 3.8) is 0 Å². The van der Waals surface area contributed by atoms with Crippen LogP contribution < -0.4 is 4.90 Å². The molecule has 4 rings (SSSR count). The third kappa shape index (κ3) is 3.33. The molecule has 0 unspecified atom stereocenters. The highest BCUT2D eigenvalue weighted by molar-refractivity contribution is 5.68. The lowest BCUT2D eigenvalue weighted by atomic mass is 10.0. The molecule has 0 fully saturated rings. The molecule has 0 saturated heterocycles. The van der Waals surface area contributed by atoms with Crippen LogP contribution in [0.3, 0.4) is 0 Å². The van der Waals surface area contributed by atoms with Gasteiger partial charge in [0.1, 0.15) is 0 Å². The van der Waals surface area contributed by atoms with E-state index in [4.69, 9.17) is 10.2 Å². The third-order valence-electron chi connectivity index (χ3n) is 4.59. The van der Waals surface area contributed by atoms with E-state index in [1.807, 2.05) is 67.4 Å². The average Bonchev–Trinajstić information content (AvgIpc) is 3.24. The van der Waals surface area contributed by atoms with Crippen LogP contribution >= 0.6 is 0 Å². The highest BCUT2D eigenvalue weighted by Crippen LogP contribution is 2.27. The smallest absolute Gasteiger partial charge is 0.156 e. The Labute approximate surface area is 163 Å². The summed E-state index contributed by atoms with van der Waals surface area (Å²) >= 11 is 0. The van der Waals surface area contributed by atoms with E-state index in [-0.39, 0.29) is 0 Å². The van der Waals surface area contributed by atoms with Crippen molar-refractivity contribution in [1.29, 1.82) is 5.26 Å². The number of aromatic amines is 1. The van der Waals surface area contributed by atoms with Gasteiger partial charge in [0.25, 0.3) is 0 Å². The first kappa shape index (κ1) is 17.4. The molecule has 2 heterocycles. The van der Waals surface area contributed by atoms with Crippen molar-refractivity contribution < 1.29 is 0 Å². The van der Waals surface area contributed by atoms with Gasteiger partial charge in [0.2, 0.25) is 0 Å². The molecular weight excluding hydrogens is 348 g/mol. The summed E-state index contributed by atoms with van der Waals surface area (Å²) in [5.74, 6) is 1.44. The van der Waals surface area contributed by atoms with E-state index in [0.717, 1.165) is 33.9 Å². The summed E-state index contributed by atoms with van der Waals surface area (Å²) in [6.07, 6.45) is 3.44. The molecule has 0 aliphatic heterocycles. The number of rotatable bonds is 4. The van der Waals surface area contributed by atoms with E-state index in [2.05, 4.69) is 21.3 Å². The maximum atomic E-state index is 9.06. The van der Waals surface area contributed by atoms with Crippen LogP contribution in [0.5, 0.6) is 0 Å². The van der Waals surface area contributed by atoms with E-state index < -0.39 is 0 Å². The zero-order valence-electron chi connectivity index (χ0n) is 15.6. The number of hydrogen-bond donors (Lipinski definition) is 1. The molecule has 0 amide bonds. The quantitative estimate of drug-likeness (QED) is 0.576. The summed E-state index contributed by atoms with van der Waals surface area (Å²) in [4.78, 5) is 11.0. The van der Waals surface area contributed by atoms with E-state index in [1.165, 1.54) is 0 Å². The number of benzene rings is 2. The number of aromatic nitrogens is 4. The summed E-state index contributed by atoms with van der Waals surface area (Å²) < 4.78 is 0. The highest BCUT2D eigenvalue weighted by atomic mass is 15.3. The lowest BCUT2D eigenvalue weighted by Crippen LogP contribution is -2.12. The van der Waals surface area contributed by atoms with Crippen LogP contribution in [0, 0.1) is 18.3 Å². The van der Waals surface area contributed by atoms with Gasteiger partial charge in [0.05, 0.1) is 35.4 Å². The van der Waals surface area contributed by atoms with Gasteiger partial charge in [0, 0.05) is 18.7 Å². The Morgan fingerprint density at radius 1 is 1.00 bits per heavy atom. The largest absolute Gasteiger partial charge is 0.311 e. The van der Waals surface area contributed by atoms with Gasteiger partial charge in [0.15, 0.2) is 11.6 Å². The number of nitriles is 1. The van der Waals surface area contributed by atoms with Crippen molar-refractivity contribution in [1.82, 2.24) is 20.2 Å². The lowest BCUT2D eigenvalue weighted by molar-refractivity contribution is 1.01. The maximum Gasteiger partial charge on any atom is 0.156 e. The minimum atomic E-state index is 0.632. The Bertz CT molecular complexity index is 1160. The number of hydrogen-bond acceptors (Lipinski definition) is 5. The molecule has 0 spiro atoms. The average molecular weight is 366 g/mol. The molecule has 2 aromatic carbocycles. The van der Waals surface area contributed by atoms with Crippen LogP contribution in [0.25, 0.3) is 22.5 Å². The van der Waals surface area contributed by atoms with E-state index in [9.17, 15) is 0 Å². The SMILES string of the molecule is Cc1cc(C#N)ccc1-c1cncc(N(C)c2cc(-c3ccccc3)[nH]n2)n1. The van der Waals surface area contributed by atoms with Gasteiger partial charge in [-0.15, -0.1) is 0 Å². The number of H-pyrrole nitrogens is 1. The van der Waals surface area contributed by atoms with Crippen molar-refractivity contribution in [2.45, 2.75) is 6.92 Å². The van der Waals surface area contributed by atoms with Gasteiger partial charge < -0.3 is 4.90 Å².